The fraction of sp³-hybridized carbons (Fsp3) is 0.400. The van der Waals surface area contributed by atoms with Crippen LogP contribution in [0.4, 0.5) is 24.7 Å². The van der Waals surface area contributed by atoms with Crippen molar-refractivity contribution in [2.75, 3.05) is 24.6 Å². The average molecular weight is 502 g/mol. The lowest BCUT2D eigenvalue weighted by Gasteiger charge is -2.34. The molecule has 2 aromatic carbocycles. The third-order valence-corrected chi connectivity index (χ3v) is 6.72. The van der Waals surface area contributed by atoms with Gasteiger partial charge in [0.2, 0.25) is 0 Å². The molecule has 1 fully saturated rings. The molecule has 0 saturated carbocycles. The second-order valence-corrected chi connectivity index (χ2v) is 9.05. The Kier molecular flexibility index (Phi) is 6.46. The van der Waals surface area contributed by atoms with E-state index < -0.39 is 16.7 Å². The number of nitrogens with zero attached hydrogens (tertiary/aromatic N) is 4. The number of ether oxygens (including phenoxy) is 2. The second-order valence-electron chi connectivity index (χ2n) is 9.05. The van der Waals surface area contributed by atoms with Crippen molar-refractivity contribution >= 4 is 11.5 Å². The highest BCUT2D eigenvalue weighted by Gasteiger charge is 2.31. The van der Waals surface area contributed by atoms with Crippen LogP contribution in [0.1, 0.15) is 36.3 Å². The molecule has 0 aliphatic carbocycles. The normalized spacial score (nSPS) is 18.4. The monoisotopic (exact) mass is 502 g/mol. The molecule has 3 aromatic rings. The van der Waals surface area contributed by atoms with Crippen LogP contribution >= 0.6 is 0 Å². The van der Waals surface area contributed by atoms with E-state index in [0.717, 1.165) is 49.3 Å². The molecule has 0 spiro atoms. The lowest BCUT2D eigenvalue weighted by Crippen LogP contribution is -2.33. The molecule has 2 aliphatic heterocycles. The molecule has 0 unspecified atom stereocenters. The van der Waals surface area contributed by atoms with E-state index >= 15 is 0 Å². The number of hydrogen-bond donors (Lipinski definition) is 0. The van der Waals surface area contributed by atoms with Gasteiger partial charge in [0.1, 0.15) is 24.7 Å². The van der Waals surface area contributed by atoms with Crippen molar-refractivity contribution in [2.24, 2.45) is 0 Å². The van der Waals surface area contributed by atoms with Gasteiger partial charge in [-0.3, -0.25) is 4.57 Å². The van der Waals surface area contributed by atoms with Crippen LogP contribution in [0.5, 0.6) is 11.8 Å². The molecular weight excluding hydrogens is 477 g/mol. The Balaban J connectivity index is 1.10. The minimum Gasteiger partial charge on any atom is -0.490 e. The number of fused-ring (bicyclic) bond motifs is 1. The summed E-state index contributed by atoms with van der Waals surface area (Å²) in [4.78, 5) is 16.5. The van der Waals surface area contributed by atoms with E-state index in [4.69, 9.17) is 9.47 Å². The van der Waals surface area contributed by atoms with E-state index in [9.17, 15) is 23.3 Å². The van der Waals surface area contributed by atoms with Gasteiger partial charge in [-0.1, -0.05) is 12.1 Å². The molecule has 190 valence electrons. The number of piperidine rings is 1. The zero-order chi connectivity index (χ0) is 25.3. The molecule has 5 rings (SSSR count). The third kappa shape index (κ3) is 5.24. The van der Waals surface area contributed by atoms with E-state index in [1.807, 2.05) is 24.3 Å². The predicted molar refractivity (Wildman–Crippen MR) is 125 cm³/mol. The van der Waals surface area contributed by atoms with Crippen LogP contribution in [-0.4, -0.2) is 40.3 Å². The van der Waals surface area contributed by atoms with Crippen molar-refractivity contribution < 1.29 is 27.6 Å². The number of nitro groups is 1. The zero-order valence-electron chi connectivity index (χ0n) is 19.4. The Morgan fingerprint density at radius 2 is 1.72 bits per heavy atom. The van der Waals surface area contributed by atoms with E-state index in [1.165, 1.54) is 6.20 Å². The van der Waals surface area contributed by atoms with Gasteiger partial charge in [0.15, 0.2) is 0 Å². The SMILES string of the molecule is O=[N+]([O-])c1cn2c(n1)O[C@@H](COc1ccc(N3CCC(c4ccc(C(F)(F)F)cc4)CC3)cc1)CC2. The van der Waals surface area contributed by atoms with Crippen molar-refractivity contribution in [3.8, 4) is 11.8 Å². The van der Waals surface area contributed by atoms with E-state index in [-0.39, 0.29) is 23.9 Å². The summed E-state index contributed by atoms with van der Waals surface area (Å²) in [7, 11) is 0. The fourth-order valence-corrected chi connectivity index (χ4v) is 4.69. The summed E-state index contributed by atoms with van der Waals surface area (Å²) >= 11 is 0. The van der Waals surface area contributed by atoms with Crippen molar-refractivity contribution in [1.29, 1.82) is 0 Å². The number of benzene rings is 2. The van der Waals surface area contributed by atoms with E-state index in [0.29, 0.717) is 25.3 Å². The maximum atomic E-state index is 12.8. The summed E-state index contributed by atoms with van der Waals surface area (Å²) < 4.78 is 51.6. The molecule has 2 aliphatic rings. The molecule has 0 N–H and O–H groups in total. The van der Waals surface area contributed by atoms with Crippen LogP contribution in [0.15, 0.2) is 54.7 Å². The lowest BCUT2D eigenvalue weighted by molar-refractivity contribution is -0.389. The van der Waals surface area contributed by atoms with Gasteiger partial charge in [-0.25, -0.2) is 0 Å². The largest absolute Gasteiger partial charge is 0.490 e. The van der Waals surface area contributed by atoms with Gasteiger partial charge in [-0.2, -0.15) is 13.2 Å². The van der Waals surface area contributed by atoms with Crippen LogP contribution in [0.3, 0.4) is 0 Å². The summed E-state index contributed by atoms with van der Waals surface area (Å²) in [6.45, 7) is 2.52. The van der Waals surface area contributed by atoms with Gasteiger partial charge in [0, 0.05) is 36.7 Å². The second kappa shape index (κ2) is 9.71. The highest BCUT2D eigenvalue weighted by molar-refractivity contribution is 5.49. The van der Waals surface area contributed by atoms with Crippen LogP contribution in [0.25, 0.3) is 0 Å². The fourth-order valence-electron chi connectivity index (χ4n) is 4.69. The first-order chi connectivity index (χ1) is 17.3. The van der Waals surface area contributed by atoms with E-state index in [1.54, 1.807) is 16.7 Å². The Morgan fingerprint density at radius 3 is 2.36 bits per heavy atom. The number of alkyl halides is 3. The van der Waals surface area contributed by atoms with Crippen molar-refractivity contribution in [3.05, 3.63) is 76.0 Å². The summed E-state index contributed by atoms with van der Waals surface area (Å²) in [5.74, 6) is 0.714. The third-order valence-electron chi connectivity index (χ3n) is 6.72. The first kappa shape index (κ1) is 24.0. The van der Waals surface area contributed by atoms with Crippen molar-refractivity contribution in [2.45, 2.75) is 44.0 Å². The minimum atomic E-state index is -4.31. The molecule has 1 saturated heterocycles. The van der Waals surface area contributed by atoms with Crippen LogP contribution in [0.2, 0.25) is 0 Å². The number of halogens is 3. The van der Waals surface area contributed by atoms with Gasteiger partial charge < -0.3 is 24.5 Å². The maximum absolute atomic E-state index is 12.8. The summed E-state index contributed by atoms with van der Waals surface area (Å²) in [6, 6.07) is 13.5. The molecule has 8 nitrogen and oxygen atoms in total. The number of aryl methyl sites for hydroxylation is 1. The molecule has 36 heavy (non-hydrogen) atoms. The van der Waals surface area contributed by atoms with Gasteiger partial charge in [0.25, 0.3) is 0 Å². The van der Waals surface area contributed by atoms with Crippen molar-refractivity contribution in [3.63, 3.8) is 0 Å². The Labute approximate surface area is 205 Å². The van der Waals surface area contributed by atoms with Gasteiger partial charge in [-0.05, 0) is 65.6 Å². The molecule has 0 amide bonds. The first-order valence-corrected chi connectivity index (χ1v) is 11.8. The number of anilines is 1. The maximum Gasteiger partial charge on any atom is 0.416 e. The molecule has 0 radical (unpaired) electrons. The molecule has 0 bridgehead atoms. The summed E-state index contributed by atoms with van der Waals surface area (Å²) in [5, 5.41) is 10.9. The number of aromatic nitrogens is 2. The Hall–Kier alpha value is -3.76. The molecule has 1 aromatic heterocycles. The van der Waals surface area contributed by atoms with Gasteiger partial charge >= 0.3 is 18.0 Å². The van der Waals surface area contributed by atoms with Crippen LogP contribution in [-0.2, 0) is 12.7 Å². The topological polar surface area (TPSA) is 82.7 Å². The van der Waals surface area contributed by atoms with Crippen molar-refractivity contribution in [1.82, 2.24) is 9.55 Å². The molecule has 3 heterocycles. The highest BCUT2D eigenvalue weighted by atomic mass is 19.4. The Bertz CT molecular complexity index is 1200. The molecular formula is C25H25F3N4O4. The first-order valence-electron chi connectivity index (χ1n) is 11.8. The van der Waals surface area contributed by atoms with E-state index in [2.05, 4.69) is 9.88 Å². The molecule has 11 heteroatoms. The number of imidazole rings is 1. The summed E-state index contributed by atoms with van der Waals surface area (Å²) in [5.41, 5.74) is 1.40. The lowest BCUT2D eigenvalue weighted by atomic mass is 9.89. The zero-order valence-corrected chi connectivity index (χ0v) is 19.4. The average Bonchev–Trinajstić information content (AvgIpc) is 3.32. The quantitative estimate of drug-likeness (QED) is 0.331. The smallest absolute Gasteiger partial charge is 0.416 e. The highest BCUT2D eigenvalue weighted by Crippen LogP contribution is 2.34. The number of hydrogen-bond acceptors (Lipinski definition) is 6. The standard InChI is InChI=1S/C25H25F3N4O4/c26-25(27,28)19-3-1-17(2-4-19)18-9-12-30(13-10-18)20-5-7-21(8-6-20)35-16-22-11-14-31-15-23(32(33)34)29-24(31)36-22/h1-8,15,18,22H,9-14,16H2/t22-/m1/s1. The predicted octanol–water partition coefficient (Wildman–Crippen LogP) is 5.42. The van der Waals surface area contributed by atoms with Gasteiger partial charge in [0.05, 0.1) is 5.56 Å². The van der Waals surface area contributed by atoms with Crippen LogP contribution in [0, 0.1) is 10.1 Å². The summed E-state index contributed by atoms with van der Waals surface area (Å²) in [6.07, 6.45) is -0.784. The van der Waals surface area contributed by atoms with Crippen LogP contribution < -0.4 is 14.4 Å². The molecule has 1 atom stereocenters. The minimum absolute atomic E-state index is 0.231. The Morgan fingerprint density at radius 1 is 1.03 bits per heavy atom. The van der Waals surface area contributed by atoms with Gasteiger partial charge in [-0.15, -0.1) is 0 Å². The number of rotatable bonds is 6.